The lowest BCUT2D eigenvalue weighted by Gasteiger charge is -2.37. The van der Waals surface area contributed by atoms with Crippen molar-refractivity contribution in [1.29, 1.82) is 0 Å². The van der Waals surface area contributed by atoms with Crippen molar-refractivity contribution < 1.29 is 23.8 Å². The Hall–Kier alpha value is -4.89. The van der Waals surface area contributed by atoms with Crippen LogP contribution >= 0.6 is 0 Å². The molecule has 0 spiro atoms. The minimum atomic E-state index is -1.07. The summed E-state index contributed by atoms with van der Waals surface area (Å²) in [5.41, 5.74) is 4.76. The summed E-state index contributed by atoms with van der Waals surface area (Å²) < 4.78 is 19.2. The van der Waals surface area contributed by atoms with Crippen molar-refractivity contribution in [2.45, 2.75) is 31.8 Å². The molecular formula is C34H28FNO4. The van der Waals surface area contributed by atoms with Crippen LogP contribution in [0.4, 0.5) is 4.39 Å². The monoisotopic (exact) mass is 533 g/mol. The van der Waals surface area contributed by atoms with Crippen LogP contribution < -0.4 is 4.74 Å². The van der Waals surface area contributed by atoms with Gasteiger partial charge in [0.05, 0.1) is 5.92 Å². The van der Waals surface area contributed by atoms with Crippen LogP contribution in [0.2, 0.25) is 0 Å². The first-order chi connectivity index (χ1) is 19.4. The van der Waals surface area contributed by atoms with Gasteiger partial charge in [-0.05, 0) is 53.4 Å². The smallest absolute Gasteiger partial charge is 0.326 e. The van der Waals surface area contributed by atoms with E-state index in [2.05, 4.69) is 11.8 Å². The van der Waals surface area contributed by atoms with E-state index in [9.17, 15) is 19.1 Å². The molecule has 5 rings (SSSR count). The van der Waals surface area contributed by atoms with Crippen LogP contribution in [0.1, 0.15) is 39.3 Å². The number of carboxylic acids is 1. The molecule has 1 heterocycles. The summed E-state index contributed by atoms with van der Waals surface area (Å²) in [6.07, 6.45) is 0.120. The average Bonchev–Trinajstić information content (AvgIpc) is 2.97. The van der Waals surface area contributed by atoms with Crippen molar-refractivity contribution in [3.63, 3.8) is 0 Å². The molecule has 1 amide bonds. The number of hydrogen-bond donors (Lipinski definition) is 1. The van der Waals surface area contributed by atoms with E-state index < -0.39 is 17.9 Å². The Labute approximate surface area is 232 Å². The van der Waals surface area contributed by atoms with Crippen LogP contribution in [-0.2, 0) is 22.6 Å². The molecule has 200 valence electrons. The molecular weight excluding hydrogens is 505 g/mol. The number of fused-ring (bicyclic) bond motifs is 1. The van der Waals surface area contributed by atoms with E-state index in [1.54, 1.807) is 12.1 Å². The van der Waals surface area contributed by atoms with Gasteiger partial charge in [0.25, 0.3) is 0 Å². The second-order valence-electron chi connectivity index (χ2n) is 9.73. The molecule has 0 fully saturated rings. The molecule has 1 aliphatic heterocycles. The molecule has 0 aliphatic carbocycles. The molecule has 1 aliphatic rings. The largest absolute Gasteiger partial charge is 0.480 e. The van der Waals surface area contributed by atoms with Gasteiger partial charge in [-0.15, -0.1) is 0 Å². The number of aryl methyl sites for hydroxylation is 1. The first-order valence-corrected chi connectivity index (χ1v) is 13.0. The number of carbonyl (C=O) groups excluding carboxylic acids is 1. The summed E-state index contributed by atoms with van der Waals surface area (Å²) in [6.45, 7) is 2.13. The van der Waals surface area contributed by atoms with Crippen molar-refractivity contribution >= 4 is 11.9 Å². The van der Waals surface area contributed by atoms with Crippen LogP contribution in [0.15, 0.2) is 97.1 Å². The predicted molar refractivity (Wildman–Crippen MR) is 150 cm³/mol. The number of rotatable bonds is 6. The quantitative estimate of drug-likeness (QED) is 0.321. The first kappa shape index (κ1) is 26.7. The molecule has 0 aromatic heterocycles. The predicted octanol–water partition coefficient (Wildman–Crippen LogP) is 5.73. The van der Waals surface area contributed by atoms with E-state index in [1.807, 2.05) is 79.7 Å². The molecule has 40 heavy (non-hydrogen) atoms. The van der Waals surface area contributed by atoms with Gasteiger partial charge >= 0.3 is 5.97 Å². The van der Waals surface area contributed by atoms with Gasteiger partial charge in [0.2, 0.25) is 5.91 Å². The molecule has 1 atom stereocenters. The first-order valence-electron chi connectivity index (χ1n) is 13.0. The Morgan fingerprint density at radius 2 is 1.57 bits per heavy atom. The summed E-state index contributed by atoms with van der Waals surface area (Å²) >= 11 is 0. The summed E-state index contributed by atoms with van der Waals surface area (Å²) in [7, 11) is 0. The number of benzene rings is 4. The van der Waals surface area contributed by atoms with Crippen molar-refractivity contribution in [3.05, 3.63) is 136 Å². The molecule has 0 saturated carbocycles. The van der Waals surface area contributed by atoms with Crippen molar-refractivity contribution in [2.75, 3.05) is 6.61 Å². The van der Waals surface area contributed by atoms with E-state index in [4.69, 9.17) is 4.74 Å². The minimum Gasteiger partial charge on any atom is -0.480 e. The van der Waals surface area contributed by atoms with Gasteiger partial charge in [0, 0.05) is 24.1 Å². The number of ether oxygens (including phenoxy) is 1. The number of amides is 1. The summed E-state index contributed by atoms with van der Waals surface area (Å²) in [6, 6.07) is 27.6. The van der Waals surface area contributed by atoms with Gasteiger partial charge in [-0.3, -0.25) is 4.79 Å². The van der Waals surface area contributed by atoms with E-state index in [-0.39, 0.29) is 31.3 Å². The number of hydrogen-bond acceptors (Lipinski definition) is 3. The number of aliphatic carboxylic acids is 1. The third kappa shape index (κ3) is 5.74. The highest BCUT2D eigenvalue weighted by Gasteiger charge is 2.39. The molecule has 1 N–H and O–H groups in total. The van der Waals surface area contributed by atoms with Crippen molar-refractivity contribution in [2.24, 2.45) is 0 Å². The van der Waals surface area contributed by atoms with Crippen molar-refractivity contribution in [1.82, 2.24) is 4.90 Å². The fourth-order valence-corrected chi connectivity index (χ4v) is 5.12. The third-order valence-corrected chi connectivity index (χ3v) is 7.12. The van der Waals surface area contributed by atoms with Gasteiger partial charge in [-0.1, -0.05) is 84.6 Å². The maximum absolute atomic E-state index is 14.1. The van der Waals surface area contributed by atoms with E-state index >= 15 is 0 Å². The summed E-state index contributed by atoms with van der Waals surface area (Å²) in [4.78, 5) is 28.1. The number of halogens is 1. The zero-order valence-corrected chi connectivity index (χ0v) is 22.0. The molecule has 0 saturated heterocycles. The van der Waals surface area contributed by atoms with Gasteiger partial charge in [-0.25, -0.2) is 9.18 Å². The standard InChI is InChI=1S/C34H28FNO4/c1-23-14-17-27-22-36(33(37)31(25-10-4-2-5-11-25)26-12-6-3-7-13-26)30(34(38)39)21-29(27)32(23)40-20-8-9-24-15-18-28(35)19-16-24/h2-7,10-19,30-31H,20-22H2,1H3,(H,38,39)/t30-/m0/s1. The van der Waals surface area contributed by atoms with Gasteiger partial charge < -0.3 is 14.7 Å². The normalized spacial score (nSPS) is 14.2. The van der Waals surface area contributed by atoms with Crippen LogP contribution in [-0.4, -0.2) is 34.5 Å². The SMILES string of the molecule is Cc1ccc2c(c1OCC#Cc1ccc(F)cc1)C[C@@H](C(=O)O)N(C(=O)C(c1ccccc1)c1ccccc1)C2. The highest BCUT2D eigenvalue weighted by molar-refractivity contribution is 5.91. The molecule has 0 unspecified atom stereocenters. The molecule has 0 bridgehead atoms. The van der Waals surface area contributed by atoms with Crippen LogP contribution in [0, 0.1) is 24.6 Å². The van der Waals surface area contributed by atoms with Crippen LogP contribution in [0.3, 0.4) is 0 Å². The lowest BCUT2D eigenvalue weighted by molar-refractivity contribution is -0.151. The Morgan fingerprint density at radius 3 is 2.17 bits per heavy atom. The van der Waals surface area contributed by atoms with Crippen LogP contribution in [0.25, 0.3) is 0 Å². The topological polar surface area (TPSA) is 66.8 Å². The van der Waals surface area contributed by atoms with E-state index in [1.165, 1.54) is 17.0 Å². The molecule has 4 aromatic rings. The second kappa shape index (κ2) is 11.9. The Kier molecular flexibility index (Phi) is 7.93. The zero-order chi connectivity index (χ0) is 28.1. The fourth-order valence-electron chi connectivity index (χ4n) is 5.12. The minimum absolute atomic E-state index is 0.0825. The Balaban J connectivity index is 1.44. The fraction of sp³-hybridized carbons (Fsp3) is 0.176. The highest BCUT2D eigenvalue weighted by atomic mass is 19.1. The Bertz CT molecular complexity index is 1530. The maximum Gasteiger partial charge on any atom is 0.326 e. The average molecular weight is 534 g/mol. The number of carbonyl (C=O) groups is 2. The third-order valence-electron chi connectivity index (χ3n) is 7.12. The number of carboxylic acid groups (broad SMARTS) is 1. The van der Waals surface area contributed by atoms with E-state index in [0.29, 0.717) is 11.3 Å². The highest BCUT2D eigenvalue weighted by Crippen LogP contribution is 2.36. The van der Waals surface area contributed by atoms with Gasteiger partial charge in [-0.2, -0.15) is 0 Å². The second-order valence-corrected chi connectivity index (χ2v) is 9.73. The lowest BCUT2D eigenvalue weighted by atomic mass is 9.86. The lowest BCUT2D eigenvalue weighted by Crippen LogP contribution is -2.50. The van der Waals surface area contributed by atoms with Gasteiger partial charge in [0.15, 0.2) is 0 Å². The van der Waals surface area contributed by atoms with Crippen molar-refractivity contribution in [3.8, 4) is 17.6 Å². The summed E-state index contributed by atoms with van der Waals surface area (Å²) in [5, 5.41) is 10.2. The molecule has 0 radical (unpaired) electrons. The molecule has 4 aromatic carbocycles. The molecule has 6 heteroatoms. The van der Waals surface area contributed by atoms with E-state index in [0.717, 1.165) is 27.8 Å². The van der Waals surface area contributed by atoms with Gasteiger partial charge in [0.1, 0.15) is 24.2 Å². The van der Waals surface area contributed by atoms with Crippen LogP contribution in [0.5, 0.6) is 5.75 Å². The zero-order valence-electron chi connectivity index (χ0n) is 22.0. The number of nitrogens with zero attached hydrogens (tertiary/aromatic N) is 1. The maximum atomic E-state index is 14.1. The summed E-state index contributed by atoms with van der Waals surface area (Å²) in [5.74, 6) is 4.19. The Morgan fingerprint density at radius 1 is 0.950 bits per heavy atom. The molecule has 5 nitrogen and oxygen atoms in total.